The van der Waals surface area contributed by atoms with Gasteiger partial charge in [-0.1, -0.05) is 18.2 Å². The van der Waals surface area contributed by atoms with Crippen molar-refractivity contribution in [3.63, 3.8) is 0 Å². The monoisotopic (exact) mass is 223 g/mol. The van der Waals surface area contributed by atoms with Crippen LogP contribution in [0.15, 0.2) is 42.6 Å². The van der Waals surface area contributed by atoms with Gasteiger partial charge in [-0.3, -0.25) is 9.67 Å². The van der Waals surface area contributed by atoms with Gasteiger partial charge in [0.25, 0.3) is 0 Å². The number of para-hydroxylation sites is 1. The maximum absolute atomic E-state index is 4.55. The van der Waals surface area contributed by atoms with Gasteiger partial charge in [-0.15, -0.1) is 0 Å². The summed E-state index contributed by atoms with van der Waals surface area (Å²) >= 11 is 0. The lowest BCUT2D eigenvalue weighted by atomic mass is 10.1. The number of pyridine rings is 1. The molecule has 2 aromatic heterocycles. The van der Waals surface area contributed by atoms with Gasteiger partial charge in [0.2, 0.25) is 0 Å². The molecule has 0 amide bonds. The van der Waals surface area contributed by atoms with E-state index in [9.17, 15) is 0 Å². The van der Waals surface area contributed by atoms with Gasteiger partial charge in [0, 0.05) is 29.9 Å². The largest absolute Gasteiger partial charge is 0.268 e. The number of rotatable bonds is 1. The maximum Gasteiger partial charge on any atom is 0.0711 e. The minimum atomic E-state index is 1.03. The summed E-state index contributed by atoms with van der Waals surface area (Å²) in [4.78, 5) is 4.55. The van der Waals surface area contributed by atoms with Crippen molar-refractivity contribution in [2.24, 2.45) is 7.05 Å². The minimum absolute atomic E-state index is 1.03. The zero-order valence-corrected chi connectivity index (χ0v) is 9.88. The van der Waals surface area contributed by atoms with E-state index in [2.05, 4.69) is 22.2 Å². The zero-order chi connectivity index (χ0) is 11.8. The highest BCUT2D eigenvalue weighted by atomic mass is 15.3. The van der Waals surface area contributed by atoms with Gasteiger partial charge in [-0.25, -0.2) is 0 Å². The Morgan fingerprint density at radius 2 is 1.94 bits per heavy atom. The smallest absolute Gasteiger partial charge is 0.0711 e. The molecule has 0 aliphatic rings. The van der Waals surface area contributed by atoms with Crippen LogP contribution >= 0.6 is 0 Å². The van der Waals surface area contributed by atoms with Crippen LogP contribution in [-0.4, -0.2) is 14.8 Å². The van der Waals surface area contributed by atoms with Gasteiger partial charge < -0.3 is 0 Å². The van der Waals surface area contributed by atoms with Crippen LogP contribution in [0.4, 0.5) is 0 Å². The lowest BCUT2D eigenvalue weighted by molar-refractivity contribution is 0.776. The van der Waals surface area contributed by atoms with Crippen LogP contribution in [0.2, 0.25) is 0 Å². The molecule has 0 saturated heterocycles. The molecular weight excluding hydrogens is 210 g/mol. The van der Waals surface area contributed by atoms with E-state index in [1.807, 2.05) is 49.1 Å². The van der Waals surface area contributed by atoms with Crippen molar-refractivity contribution >= 4 is 10.9 Å². The fourth-order valence-corrected chi connectivity index (χ4v) is 2.16. The number of hydrogen-bond acceptors (Lipinski definition) is 2. The molecule has 0 radical (unpaired) electrons. The van der Waals surface area contributed by atoms with Gasteiger partial charge in [-0.2, -0.15) is 5.10 Å². The molecule has 84 valence electrons. The first-order valence-electron chi connectivity index (χ1n) is 5.60. The highest BCUT2D eigenvalue weighted by molar-refractivity contribution is 5.93. The Morgan fingerprint density at radius 3 is 2.71 bits per heavy atom. The summed E-state index contributed by atoms with van der Waals surface area (Å²) in [6.07, 6.45) is 1.82. The van der Waals surface area contributed by atoms with Crippen LogP contribution in [-0.2, 0) is 7.05 Å². The summed E-state index contributed by atoms with van der Waals surface area (Å²) in [6, 6.07) is 12.3. The second kappa shape index (κ2) is 3.70. The van der Waals surface area contributed by atoms with E-state index < -0.39 is 0 Å². The third-order valence-corrected chi connectivity index (χ3v) is 2.94. The normalized spacial score (nSPS) is 10.9. The van der Waals surface area contributed by atoms with Crippen molar-refractivity contribution < 1.29 is 0 Å². The lowest BCUT2D eigenvalue weighted by Gasteiger charge is -2.08. The van der Waals surface area contributed by atoms with Crippen molar-refractivity contribution in [1.29, 1.82) is 0 Å². The van der Waals surface area contributed by atoms with Crippen molar-refractivity contribution in [2.75, 3.05) is 0 Å². The van der Waals surface area contributed by atoms with Gasteiger partial charge >= 0.3 is 0 Å². The maximum atomic E-state index is 4.55. The molecular formula is C14H13N3. The summed E-state index contributed by atoms with van der Waals surface area (Å²) in [5.41, 5.74) is 4.36. The molecule has 0 aliphatic heterocycles. The second-order valence-corrected chi connectivity index (χ2v) is 4.17. The van der Waals surface area contributed by atoms with Crippen molar-refractivity contribution in [3.8, 4) is 11.3 Å². The number of benzene rings is 1. The SMILES string of the molecule is Cc1cc(-c2ccnn2C)c2ccccc2n1. The Morgan fingerprint density at radius 1 is 1.12 bits per heavy atom. The summed E-state index contributed by atoms with van der Waals surface area (Å²) in [5, 5.41) is 5.39. The number of fused-ring (bicyclic) bond motifs is 1. The predicted octanol–water partition coefficient (Wildman–Crippen LogP) is 2.94. The summed E-state index contributed by atoms with van der Waals surface area (Å²) < 4.78 is 1.89. The molecule has 0 unspecified atom stereocenters. The second-order valence-electron chi connectivity index (χ2n) is 4.17. The van der Waals surface area contributed by atoms with E-state index in [-0.39, 0.29) is 0 Å². The van der Waals surface area contributed by atoms with Crippen LogP contribution in [0.5, 0.6) is 0 Å². The van der Waals surface area contributed by atoms with E-state index in [0.717, 1.165) is 16.9 Å². The molecule has 3 rings (SSSR count). The van der Waals surface area contributed by atoms with Crippen LogP contribution in [0, 0.1) is 6.92 Å². The Bertz CT molecular complexity index is 683. The average Bonchev–Trinajstić information content (AvgIpc) is 2.74. The minimum Gasteiger partial charge on any atom is -0.268 e. The van der Waals surface area contributed by atoms with Crippen molar-refractivity contribution in [1.82, 2.24) is 14.8 Å². The van der Waals surface area contributed by atoms with E-state index in [1.165, 1.54) is 10.9 Å². The van der Waals surface area contributed by atoms with Crippen molar-refractivity contribution in [3.05, 3.63) is 48.3 Å². The summed E-state index contributed by atoms with van der Waals surface area (Å²) in [5.74, 6) is 0. The molecule has 0 N–H and O–H groups in total. The molecule has 0 aliphatic carbocycles. The van der Waals surface area contributed by atoms with Gasteiger partial charge in [0.05, 0.1) is 11.2 Å². The highest BCUT2D eigenvalue weighted by Gasteiger charge is 2.08. The molecule has 3 aromatic rings. The van der Waals surface area contributed by atoms with E-state index in [4.69, 9.17) is 0 Å². The number of nitrogens with zero attached hydrogens (tertiary/aromatic N) is 3. The molecule has 0 fully saturated rings. The standard InChI is InChI=1S/C14H13N3/c1-10-9-12(14-7-8-15-17(14)2)11-5-3-4-6-13(11)16-10/h3-9H,1-2H3. The quantitative estimate of drug-likeness (QED) is 0.635. The van der Waals surface area contributed by atoms with Crippen LogP contribution < -0.4 is 0 Å². The van der Waals surface area contributed by atoms with Crippen LogP contribution in [0.1, 0.15) is 5.69 Å². The van der Waals surface area contributed by atoms with E-state index in [1.54, 1.807) is 0 Å². The molecule has 0 saturated carbocycles. The first-order chi connectivity index (χ1) is 8.25. The van der Waals surface area contributed by atoms with E-state index in [0.29, 0.717) is 0 Å². The van der Waals surface area contributed by atoms with Gasteiger partial charge in [0.15, 0.2) is 0 Å². The molecule has 0 bridgehead atoms. The predicted molar refractivity (Wildman–Crippen MR) is 68.7 cm³/mol. The molecule has 0 atom stereocenters. The Labute approximate surface area is 99.7 Å². The third kappa shape index (κ3) is 1.60. The number of aromatic nitrogens is 3. The molecule has 1 aromatic carbocycles. The first-order valence-corrected chi connectivity index (χ1v) is 5.60. The third-order valence-electron chi connectivity index (χ3n) is 2.94. The summed E-state index contributed by atoms with van der Waals surface area (Å²) in [7, 11) is 1.96. The molecule has 17 heavy (non-hydrogen) atoms. The molecule has 0 spiro atoms. The fraction of sp³-hybridized carbons (Fsp3) is 0.143. The number of hydrogen-bond donors (Lipinski definition) is 0. The Kier molecular flexibility index (Phi) is 2.18. The Hall–Kier alpha value is -2.16. The molecule has 3 nitrogen and oxygen atoms in total. The number of aryl methyl sites for hydroxylation is 2. The van der Waals surface area contributed by atoms with Gasteiger partial charge in [-0.05, 0) is 25.1 Å². The van der Waals surface area contributed by atoms with Crippen LogP contribution in [0.25, 0.3) is 22.2 Å². The van der Waals surface area contributed by atoms with E-state index >= 15 is 0 Å². The molecule has 2 heterocycles. The summed E-state index contributed by atoms with van der Waals surface area (Å²) in [6.45, 7) is 2.02. The zero-order valence-electron chi connectivity index (χ0n) is 9.88. The lowest BCUT2D eigenvalue weighted by Crippen LogP contribution is -1.95. The molecule has 3 heteroatoms. The van der Waals surface area contributed by atoms with Crippen molar-refractivity contribution in [2.45, 2.75) is 6.92 Å². The Balaban J connectivity index is 2.39. The first kappa shape index (κ1) is 10.0. The fourth-order valence-electron chi connectivity index (χ4n) is 2.16. The average molecular weight is 223 g/mol. The van der Waals surface area contributed by atoms with Crippen LogP contribution in [0.3, 0.4) is 0 Å². The highest BCUT2D eigenvalue weighted by Crippen LogP contribution is 2.27. The van der Waals surface area contributed by atoms with Gasteiger partial charge in [0.1, 0.15) is 0 Å². The topological polar surface area (TPSA) is 30.7 Å².